The highest BCUT2D eigenvalue weighted by Gasteiger charge is 2.18. The van der Waals surface area contributed by atoms with Crippen molar-refractivity contribution in [1.29, 1.82) is 5.26 Å². The molecule has 1 unspecified atom stereocenters. The molecule has 0 bridgehead atoms. The lowest BCUT2D eigenvalue weighted by Crippen LogP contribution is -2.31. The smallest absolute Gasteiger partial charge is 0.208 e. The van der Waals surface area contributed by atoms with Crippen LogP contribution in [0, 0.1) is 11.3 Å². The fraction of sp³-hybridized carbons (Fsp3) is 0.444. The van der Waals surface area contributed by atoms with Crippen LogP contribution >= 0.6 is 11.3 Å². The minimum absolute atomic E-state index is 0.0948. The first-order chi connectivity index (χ1) is 6.99. The Morgan fingerprint density at radius 1 is 1.60 bits per heavy atom. The zero-order valence-electron chi connectivity index (χ0n) is 8.52. The van der Waals surface area contributed by atoms with Gasteiger partial charge in [0.15, 0.2) is 0 Å². The van der Waals surface area contributed by atoms with Crippen molar-refractivity contribution < 1.29 is 8.42 Å². The first-order valence-electron chi connectivity index (χ1n) is 4.52. The number of sulfonamides is 1. The number of hydrogen-bond donors (Lipinski definition) is 1. The average molecular weight is 244 g/mol. The third kappa shape index (κ3) is 3.02. The highest BCUT2D eigenvalue weighted by molar-refractivity contribution is 7.91. The molecule has 4 nitrogen and oxygen atoms in total. The molecule has 0 aliphatic carbocycles. The normalized spacial score (nSPS) is 13.4. The standard InChI is InChI=1S/C9H12N2O2S2/c1-3-7(2)11-15(12,13)9-5-4-8(6-10)14-9/h4-5,7,11H,3H2,1-2H3. The van der Waals surface area contributed by atoms with Gasteiger partial charge in [0.1, 0.15) is 15.2 Å². The van der Waals surface area contributed by atoms with Gasteiger partial charge in [-0.2, -0.15) is 5.26 Å². The summed E-state index contributed by atoms with van der Waals surface area (Å²) in [5, 5.41) is 8.59. The fourth-order valence-electron chi connectivity index (χ4n) is 0.931. The van der Waals surface area contributed by atoms with Gasteiger partial charge in [0, 0.05) is 6.04 Å². The van der Waals surface area contributed by atoms with Gasteiger partial charge in [0.2, 0.25) is 10.0 Å². The molecule has 0 radical (unpaired) electrons. The second-order valence-electron chi connectivity index (χ2n) is 3.16. The van der Waals surface area contributed by atoms with Crippen molar-refractivity contribution in [3.63, 3.8) is 0 Å². The first kappa shape index (κ1) is 12.2. The van der Waals surface area contributed by atoms with E-state index >= 15 is 0 Å². The van der Waals surface area contributed by atoms with Crippen LogP contribution in [0.2, 0.25) is 0 Å². The SMILES string of the molecule is CCC(C)NS(=O)(=O)c1ccc(C#N)s1. The minimum atomic E-state index is -3.44. The molecule has 1 heterocycles. The Morgan fingerprint density at radius 2 is 2.27 bits per heavy atom. The summed E-state index contributed by atoms with van der Waals surface area (Å²) in [6.45, 7) is 3.71. The van der Waals surface area contributed by atoms with Crippen LogP contribution in [0.1, 0.15) is 25.1 Å². The van der Waals surface area contributed by atoms with Gasteiger partial charge in [-0.1, -0.05) is 6.92 Å². The molecule has 0 fully saturated rings. The summed E-state index contributed by atoms with van der Waals surface area (Å²) in [4.78, 5) is 0.402. The zero-order chi connectivity index (χ0) is 11.5. The van der Waals surface area contributed by atoms with Crippen molar-refractivity contribution in [2.75, 3.05) is 0 Å². The third-order valence-electron chi connectivity index (χ3n) is 1.93. The lowest BCUT2D eigenvalue weighted by Gasteiger charge is -2.10. The highest BCUT2D eigenvalue weighted by atomic mass is 32.2. The second-order valence-corrected chi connectivity index (χ2v) is 6.19. The summed E-state index contributed by atoms with van der Waals surface area (Å²) >= 11 is 0.981. The topological polar surface area (TPSA) is 70.0 Å². The molecule has 0 aliphatic heterocycles. The summed E-state index contributed by atoms with van der Waals surface area (Å²) in [5.41, 5.74) is 0. The predicted octanol–water partition coefficient (Wildman–Crippen LogP) is 1.70. The van der Waals surface area contributed by atoms with E-state index in [0.29, 0.717) is 4.88 Å². The number of nitrogens with zero attached hydrogens (tertiary/aromatic N) is 1. The summed E-state index contributed by atoms with van der Waals surface area (Å²) in [6.07, 6.45) is 0.732. The Morgan fingerprint density at radius 3 is 2.73 bits per heavy atom. The molecular weight excluding hydrogens is 232 g/mol. The molecule has 0 aliphatic rings. The van der Waals surface area contributed by atoms with Crippen LogP contribution in [-0.2, 0) is 10.0 Å². The van der Waals surface area contributed by atoms with E-state index in [1.54, 1.807) is 6.92 Å². The quantitative estimate of drug-likeness (QED) is 0.876. The molecule has 1 rings (SSSR count). The van der Waals surface area contributed by atoms with E-state index in [9.17, 15) is 8.42 Å². The monoisotopic (exact) mass is 244 g/mol. The Bertz CT molecular complexity index is 471. The largest absolute Gasteiger partial charge is 0.250 e. The molecular formula is C9H12N2O2S2. The molecule has 15 heavy (non-hydrogen) atoms. The highest BCUT2D eigenvalue weighted by Crippen LogP contribution is 2.20. The molecule has 0 spiro atoms. The van der Waals surface area contributed by atoms with Crippen molar-refractivity contribution in [1.82, 2.24) is 4.72 Å². The van der Waals surface area contributed by atoms with Gasteiger partial charge in [0.05, 0.1) is 0 Å². The first-order valence-corrected chi connectivity index (χ1v) is 6.82. The molecule has 0 amide bonds. The van der Waals surface area contributed by atoms with E-state index in [4.69, 9.17) is 5.26 Å². The van der Waals surface area contributed by atoms with Gasteiger partial charge >= 0.3 is 0 Å². The van der Waals surface area contributed by atoms with E-state index in [0.717, 1.165) is 17.8 Å². The summed E-state index contributed by atoms with van der Waals surface area (Å²) < 4.78 is 26.2. The fourth-order valence-corrected chi connectivity index (χ4v) is 3.38. The van der Waals surface area contributed by atoms with E-state index < -0.39 is 10.0 Å². The zero-order valence-corrected chi connectivity index (χ0v) is 10.2. The molecule has 6 heteroatoms. The lowest BCUT2D eigenvalue weighted by molar-refractivity contribution is 0.558. The molecule has 0 aromatic carbocycles. The molecule has 1 atom stereocenters. The Balaban J connectivity index is 2.92. The van der Waals surface area contributed by atoms with E-state index in [1.165, 1.54) is 12.1 Å². The minimum Gasteiger partial charge on any atom is -0.208 e. The van der Waals surface area contributed by atoms with Crippen LogP contribution < -0.4 is 4.72 Å². The molecule has 1 aromatic heterocycles. The van der Waals surface area contributed by atoms with Crippen molar-refractivity contribution in [2.24, 2.45) is 0 Å². The van der Waals surface area contributed by atoms with Gasteiger partial charge in [-0.15, -0.1) is 11.3 Å². The number of thiophene rings is 1. The van der Waals surface area contributed by atoms with Crippen molar-refractivity contribution >= 4 is 21.4 Å². The van der Waals surface area contributed by atoms with Crippen LogP contribution in [0.5, 0.6) is 0 Å². The van der Waals surface area contributed by atoms with Crippen LogP contribution in [0.15, 0.2) is 16.3 Å². The molecule has 1 N–H and O–H groups in total. The second kappa shape index (κ2) is 4.75. The average Bonchev–Trinajstić information content (AvgIpc) is 2.65. The molecule has 82 valence electrons. The summed E-state index contributed by atoms with van der Waals surface area (Å²) in [5.74, 6) is 0. The van der Waals surface area contributed by atoms with Crippen LogP contribution in [-0.4, -0.2) is 14.5 Å². The van der Waals surface area contributed by atoms with E-state index in [-0.39, 0.29) is 10.3 Å². The van der Waals surface area contributed by atoms with Crippen molar-refractivity contribution in [3.05, 3.63) is 17.0 Å². The lowest BCUT2D eigenvalue weighted by atomic mass is 10.3. The molecule has 0 saturated carbocycles. The van der Waals surface area contributed by atoms with Gasteiger partial charge in [-0.05, 0) is 25.5 Å². The predicted molar refractivity (Wildman–Crippen MR) is 59.1 cm³/mol. The number of nitrogens with one attached hydrogen (secondary N) is 1. The number of nitriles is 1. The number of hydrogen-bond acceptors (Lipinski definition) is 4. The summed E-state index contributed by atoms with van der Waals surface area (Å²) in [6, 6.07) is 4.78. The maximum atomic E-state index is 11.7. The van der Waals surface area contributed by atoms with Gasteiger partial charge in [0.25, 0.3) is 0 Å². The van der Waals surface area contributed by atoms with Crippen LogP contribution in [0.3, 0.4) is 0 Å². The van der Waals surface area contributed by atoms with E-state index in [2.05, 4.69) is 4.72 Å². The van der Waals surface area contributed by atoms with Crippen molar-refractivity contribution in [2.45, 2.75) is 30.5 Å². The van der Waals surface area contributed by atoms with Crippen LogP contribution in [0.25, 0.3) is 0 Å². The maximum Gasteiger partial charge on any atom is 0.250 e. The van der Waals surface area contributed by atoms with E-state index in [1.807, 2.05) is 13.0 Å². The van der Waals surface area contributed by atoms with Gasteiger partial charge in [-0.25, -0.2) is 13.1 Å². The Kier molecular flexibility index (Phi) is 3.85. The van der Waals surface area contributed by atoms with Gasteiger partial charge in [-0.3, -0.25) is 0 Å². The number of rotatable bonds is 4. The van der Waals surface area contributed by atoms with Crippen LogP contribution in [0.4, 0.5) is 0 Å². The molecule has 1 aromatic rings. The molecule has 0 saturated heterocycles. The Hall–Kier alpha value is -0.900. The third-order valence-corrected chi connectivity index (χ3v) is 5.00. The summed E-state index contributed by atoms with van der Waals surface area (Å²) in [7, 11) is -3.44. The van der Waals surface area contributed by atoms with Crippen molar-refractivity contribution in [3.8, 4) is 6.07 Å². The Labute approximate surface area is 93.6 Å². The van der Waals surface area contributed by atoms with Gasteiger partial charge < -0.3 is 0 Å². The maximum absolute atomic E-state index is 11.7.